The zero-order valence-corrected chi connectivity index (χ0v) is 12.5. The second-order valence-corrected chi connectivity index (χ2v) is 7.34. The van der Waals surface area contributed by atoms with Gasteiger partial charge in [0.15, 0.2) is 4.90 Å². The van der Waals surface area contributed by atoms with Crippen molar-refractivity contribution in [1.82, 2.24) is 4.31 Å². The Hall–Kier alpha value is -2.00. The monoisotopic (exact) mass is 326 g/mol. The fourth-order valence-electron chi connectivity index (χ4n) is 2.66. The largest absolute Gasteiger partial charge is 0.460 e. The zero-order chi connectivity index (χ0) is 16.1. The predicted molar refractivity (Wildman–Crippen MR) is 74.4 cm³/mol. The number of benzene rings is 1. The van der Waals surface area contributed by atoms with E-state index in [1.54, 1.807) is 6.92 Å². The topological polar surface area (TPSA) is 107 Å². The maximum atomic E-state index is 12.5. The first-order valence-corrected chi connectivity index (χ1v) is 8.22. The molecule has 2 unspecified atom stereocenters. The number of sulfonamides is 1. The summed E-state index contributed by atoms with van der Waals surface area (Å²) >= 11 is 0. The van der Waals surface area contributed by atoms with Gasteiger partial charge in [-0.05, 0) is 12.5 Å². The summed E-state index contributed by atoms with van der Waals surface area (Å²) in [5.41, 5.74) is -0.454. The van der Waals surface area contributed by atoms with E-state index in [1.165, 1.54) is 18.2 Å². The van der Waals surface area contributed by atoms with Crippen molar-refractivity contribution in [3.05, 3.63) is 34.4 Å². The highest BCUT2D eigenvalue weighted by molar-refractivity contribution is 7.89. The summed E-state index contributed by atoms with van der Waals surface area (Å²) < 4.78 is 31.4. The molecule has 0 saturated carbocycles. The van der Waals surface area contributed by atoms with E-state index >= 15 is 0 Å². The van der Waals surface area contributed by atoms with Crippen molar-refractivity contribution < 1.29 is 22.9 Å². The molecule has 0 bridgehead atoms. The Bertz CT molecular complexity index is 747. The third-order valence-electron chi connectivity index (χ3n) is 3.94. The van der Waals surface area contributed by atoms with E-state index < -0.39 is 32.8 Å². The molecule has 1 aromatic carbocycles. The van der Waals surface area contributed by atoms with Crippen LogP contribution < -0.4 is 0 Å². The smallest absolute Gasteiger partial charge is 0.309 e. The Balaban J connectivity index is 1.85. The lowest BCUT2D eigenvalue weighted by atomic mass is 10.1. The van der Waals surface area contributed by atoms with Gasteiger partial charge in [0.25, 0.3) is 5.69 Å². The van der Waals surface area contributed by atoms with Gasteiger partial charge in [-0.1, -0.05) is 19.1 Å². The van der Waals surface area contributed by atoms with Crippen LogP contribution in [0.4, 0.5) is 5.69 Å². The number of nitrogens with zero attached hydrogens (tertiary/aromatic N) is 2. The summed E-state index contributed by atoms with van der Waals surface area (Å²) in [5.74, 6) is -0.582. The van der Waals surface area contributed by atoms with Gasteiger partial charge in [0, 0.05) is 12.6 Å². The van der Waals surface area contributed by atoms with Crippen LogP contribution in [-0.4, -0.2) is 42.3 Å². The Kier molecular flexibility index (Phi) is 3.41. The maximum absolute atomic E-state index is 12.5. The van der Waals surface area contributed by atoms with Crippen LogP contribution in [0.15, 0.2) is 29.2 Å². The van der Waals surface area contributed by atoms with Crippen LogP contribution in [0.2, 0.25) is 0 Å². The standard InChI is InChI=1S/C13H14N2O6S/c1-8-6-11(21-13(8)16)10-7-14(10)22(19,20)12-5-3-2-4-9(12)15(17)18/h2-5,8,10-11H,6-7H2,1H3/t8-,10?,11+,14?/m1/s1. The molecule has 3 rings (SSSR count). The van der Waals surface area contributed by atoms with Crippen molar-refractivity contribution in [1.29, 1.82) is 0 Å². The van der Waals surface area contributed by atoms with Crippen LogP contribution in [0, 0.1) is 16.0 Å². The lowest BCUT2D eigenvalue weighted by Crippen LogP contribution is -2.23. The quantitative estimate of drug-likeness (QED) is 0.352. The molecule has 4 atom stereocenters. The number of rotatable bonds is 4. The summed E-state index contributed by atoms with van der Waals surface area (Å²) in [5, 5.41) is 11.0. The first kappa shape index (κ1) is 14.9. The molecule has 0 amide bonds. The molecule has 2 saturated heterocycles. The molecule has 118 valence electrons. The predicted octanol–water partition coefficient (Wildman–Crippen LogP) is 0.919. The molecule has 2 aliphatic heterocycles. The van der Waals surface area contributed by atoms with Crippen molar-refractivity contribution in [3.8, 4) is 0 Å². The molecule has 0 aromatic heterocycles. The number of carbonyl (C=O) groups is 1. The minimum absolute atomic E-state index is 0.207. The van der Waals surface area contributed by atoms with E-state index in [1.807, 2.05) is 0 Å². The number of nitro groups is 1. The van der Waals surface area contributed by atoms with E-state index in [2.05, 4.69) is 0 Å². The molecule has 0 N–H and O–H groups in total. The van der Waals surface area contributed by atoms with Gasteiger partial charge in [0.05, 0.1) is 16.9 Å². The molecule has 2 fully saturated rings. The number of nitro benzene ring substituents is 1. The Labute approximate surface area is 126 Å². The minimum Gasteiger partial charge on any atom is -0.460 e. The summed E-state index contributed by atoms with van der Waals surface area (Å²) in [6.07, 6.45) is -0.00750. The first-order valence-electron chi connectivity index (χ1n) is 6.78. The molecule has 0 spiro atoms. The SMILES string of the molecule is C[C@@H]1C[C@@H](C2CN2S(=O)(=O)c2ccccc2[N+](=O)[O-])OC1=O. The van der Waals surface area contributed by atoms with E-state index in [-0.39, 0.29) is 23.3 Å². The molecular formula is C13H14N2O6S. The van der Waals surface area contributed by atoms with Crippen LogP contribution in [0.25, 0.3) is 0 Å². The summed E-state index contributed by atoms with van der Waals surface area (Å²) in [6.45, 7) is 1.94. The van der Waals surface area contributed by atoms with Crippen molar-refractivity contribution >= 4 is 21.7 Å². The summed E-state index contributed by atoms with van der Waals surface area (Å²) in [6, 6.07) is 4.79. The van der Waals surface area contributed by atoms with Crippen molar-refractivity contribution in [2.45, 2.75) is 30.4 Å². The third kappa shape index (κ3) is 2.35. The Morgan fingerprint density at radius 2 is 2.05 bits per heavy atom. The zero-order valence-electron chi connectivity index (χ0n) is 11.7. The van der Waals surface area contributed by atoms with Crippen LogP contribution in [0.1, 0.15) is 13.3 Å². The fraction of sp³-hybridized carbons (Fsp3) is 0.462. The molecule has 0 aliphatic carbocycles. The number of hydrogen-bond donors (Lipinski definition) is 0. The fourth-order valence-corrected chi connectivity index (χ4v) is 4.41. The van der Waals surface area contributed by atoms with Gasteiger partial charge in [-0.25, -0.2) is 8.42 Å². The highest BCUT2D eigenvalue weighted by Gasteiger charge is 2.54. The highest BCUT2D eigenvalue weighted by atomic mass is 32.2. The van der Waals surface area contributed by atoms with Crippen molar-refractivity contribution in [2.75, 3.05) is 6.54 Å². The number of hydrogen-bond acceptors (Lipinski definition) is 6. The van der Waals surface area contributed by atoms with E-state index in [0.717, 1.165) is 10.4 Å². The highest BCUT2D eigenvalue weighted by Crippen LogP contribution is 2.38. The van der Waals surface area contributed by atoms with Crippen LogP contribution in [-0.2, 0) is 19.6 Å². The Morgan fingerprint density at radius 3 is 2.64 bits per heavy atom. The normalized spacial score (nSPS) is 30.9. The van der Waals surface area contributed by atoms with Gasteiger partial charge in [-0.3, -0.25) is 14.9 Å². The lowest BCUT2D eigenvalue weighted by molar-refractivity contribution is -0.387. The first-order chi connectivity index (χ1) is 10.3. The minimum atomic E-state index is -3.96. The lowest BCUT2D eigenvalue weighted by Gasteiger charge is -2.10. The molecule has 2 heterocycles. The van der Waals surface area contributed by atoms with E-state index in [4.69, 9.17) is 4.74 Å². The van der Waals surface area contributed by atoms with Crippen LogP contribution in [0.3, 0.4) is 0 Å². The third-order valence-corrected chi connectivity index (χ3v) is 5.88. The summed E-state index contributed by atoms with van der Waals surface area (Å²) in [7, 11) is -3.96. The molecule has 8 nitrogen and oxygen atoms in total. The van der Waals surface area contributed by atoms with Gasteiger partial charge in [0.2, 0.25) is 10.0 Å². The van der Waals surface area contributed by atoms with Crippen LogP contribution in [0.5, 0.6) is 0 Å². The van der Waals surface area contributed by atoms with E-state index in [0.29, 0.717) is 6.42 Å². The molecule has 0 radical (unpaired) electrons. The number of cyclic esters (lactones) is 1. The van der Waals surface area contributed by atoms with Gasteiger partial charge in [0.1, 0.15) is 6.10 Å². The Morgan fingerprint density at radius 1 is 1.36 bits per heavy atom. The van der Waals surface area contributed by atoms with Crippen molar-refractivity contribution in [3.63, 3.8) is 0 Å². The van der Waals surface area contributed by atoms with Crippen molar-refractivity contribution in [2.24, 2.45) is 5.92 Å². The number of carbonyl (C=O) groups excluding carboxylic acids is 1. The average molecular weight is 326 g/mol. The molecule has 9 heteroatoms. The number of esters is 1. The van der Waals surface area contributed by atoms with Gasteiger partial charge in [-0.15, -0.1) is 0 Å². The van der Waals surface area contributed by atoms with Gasteiger partial charge >= 0.3 is 5.97 Å². The van der Waals surface area contributed by atoms with Gasteiger partial charge < -0.3 is 4.74 Å². The maximum Gasteiger partial charge on any atom is 0.309 e. The van der Waals surface area contributed by atoms with E-state index in [9.17, 15) is 23.3 Å². The number of para-hydroxylation sites is 1. The molecule has 1 aromatic rings. The van der Waals surface area contributed by atoms with Gasteiger partial charge in [-0.2, -0.15) is 4.31 Å². The van der Waals surface area contributed by atoms with Crippen LogP contribution >= 0.6 is 0 Å². The molecule has 2 aliphatic rings. The second kappa shape index (κ2) is 5.03. The molecular weight excluding hydrogens is 312 g/mol. The summed E-state index contributed by atoms with van der Waals surface area (Å²) in [4.78, 5) is 21.3. The average Bonchev–Trinajstić information content (AvgIpc) is 3.21. The second-order valence-electron chi connectivity index (χ2n) is 5.48. The molecule has 22 heavy (non-hydrogen) atoms. The number of ether oxygens (including phenoxy) is 1.